The van der Waals surface area contributed by atoms with Crippen LogP contribution in [0.4, 0.5) is 5.69 Å². The molecule has 1 aliphatic rings. The average Bonchev–Trinajstić information content (AvgIpc) is 2.90. The van der Waals surface area contributed by atoms with Gasteiger partial charge in [-0.2, -0.15) is 10.1 Å². The molecule has 1 amide bonds. The first-order valence-electron chi connectivity index (χ1n) is 8.08. The highest BCUT2D eigenvalue weighted by atomic mass is 16.5. The number of hydrazone groups is 1. The molecule has 4 heteroatoms. The van der Waals surface area contributed by atoms with Gasteiger partial charge in [0.1, 0.15) is 5.75 Å². The van der Waals surface area contributed by atoms with Crippen LogP contribution in [-0.2, 0) is 4.79 Å². The Morgan fingerprint density at radius 2 is 1.79 bits per heavy atom. The molecule has 0 saturated carbocycles. The summed E-state index contributed by atoms with van der Waals surface area (Å²) in [5.74, 6) is 0.734. The van der Waals surface area contributed by atoms with Gasteiger partial charge in [-0.1, -0.05) is 37.3 Å². The third-order valence-corrected chi connectivity index (χ3v) is 3.73. The first kappa shape index (κ1) is 16.0. The molecule has 122 valence electrons. The standard InChI is InChI=1S/C20H20N2O2/c1-3-13-24-18-11-9-16(10-12-18)14-19-15(2)21-22(20(19)23)17-7-5-4-6-8-17/h4-12,14H,3,13H2,1-2H3. The molecule has 24 heavy (non-hydrogen) atoms. The minimum atomic E-state index is -0.106. The molecule has 0 aliphatic carbocycles. The highest BCUT2D eigenvalue weighted by Gasteiger charge is 2.28. The molecule has 0 bridgehead atoms. The number of para-hydroxylation sites is 1. The first-order chi connectivity index (χ1) is 11.7. The lowest BCUT2D eigenvalue weighted by atomic mass is 10.1. The molecule has 2 aromatic rings. The number of hydrogen-bond acceptors (Lipinski definition) is 3. The van der Waals surface area contributed by atoms with E-state index in [1.807, 2.05) is 67.6 Å². The summed E-state index contributed by atoms with van der Waals surface area (Å²) >= 11 is 0. The second-order valence-corrected chi connectivity index (χ2v) is 5.61. The van der Waals surface area contributed by atoms with Crippen LogP contribution in [0.3, 0.4) is 0 Å². The van der Waals surface area contributed by atoms with E-state index in [4.69, 9.17) is 4.74 Å². The zero-order valence-corrected chi connectivity index (χ0v) is 13.9. The molecule has 1 aliphatic heterocycles. The van der Waals surface area contributed by atoms with Crippen molar-refractivity contribution in [1.82, 2.24) is 0 Å². The van der Waals surface area contributed by atoms with Gasteiger partial charge in [0.05, 0.1) is 23.6 Å². The Morgan fingerprint density at radius 1 is 1.08 bits per heavy atom. The summed E-state index contributed by atoms with van der Waals surface area (Å²) in [6.07, 6.45) is 2.85. The van der Waals surface area contributed by atoms with Gasteiger partial charge in [-0.3, -0.25) is 4.79 Å². The van der Waals surface area contributed by atoms with E-state index < -0.39 is 0 Å². The van der Waals surface area contributed by atoms with Crippen LogP contribution < -0.4 is 9.75 Å². The van der Waals surface area contributed by atoms with Crippen molar-refractivity contribution in [3.8, 4) is 5.75 Å². The van der Waals surface area contributed by atoms with Crippen LogP contribution in [-0.4, -0.2) is 18.2 Å². The van der Waals surface area contributed by atoms with Crippen LogP contribution in [0, 0.1) is 0 Å². The van der Waals surface area contributed by atoms with Crippen LogP contribution in [0.15, 0.2) is 65.3 Å². The fourth-order valence-corrected chi connectivity index (χ4v) is 2.48. The number of anilines is 1. The summed E-state index contributed by atoms with van der Waals surface area (Å²) in [5.41, 5.74) is 3.05. The molecule has 0 atom stereocenters. The van der Waals surface area contributed by atoms with E-state index in [9.17, 15) is 4.79 Å². The van der Waals surface area contributed by atoms with Gasteiger partial charge in [-0.15, -0.1) is 0 Å². The Labute approximate surface area is 142 Å². The Balaban J connectivity index is 1.81. The van der Waals surface area contributed by atoms with E-state index in [1.165, 1.54) is 5.01 Å². The zero-order valence-electron chi connectivity index (χ0n) is 13.9. The summed E-state index contributed by atoms with van der Waals surface area (Å²) in [4.78, 5) is 12.6. The van der Waals surface area contributed by atoms with Gasteiger partial charge in [0.15, 0.2) is 0 Å². The molecular formula is C20H20N2O2. The van der Waals surface area contributed by atoms with Crippen molar-refractivity contribution in [1.29, 1.82) is 0 Å². The van der Waals surface area contributed by atoms with E-state index in [1.54, 1.807) is 0 Å². The number of hydrogen-bond donors (Lipinski definition) is 0. The lowest BCUT2D eigenvalue weighted by Gasteiger charge is -2.11. The number of benzene rings is 2. The lowest BCUT2D eigenvalue weighted by Crippen LogP contribution is -2.21. The number of rotatable bonds is 5. The summed E-state index contributed by atoms with van der Waals surface area (Å²) in [7, 11) is 0. The SMILES string of the molecule is CCCOc1ccc(C=C2C(=O)N(c3ccccc3)N=C2C)cc1. The predicted molar refractivity (Wildman–Crippen MR) is 97.2 cm³/mol. The number of amides is 1. The number of nitrogens with zero attached hydrogens (tertiary/aromatic N) is 2. The van der Waals surface area contributed by atoms with Crippen LogP contribution >= 0.6 is 0 Å². The maximum absolute atomic E-state index is 12.6. The Hall–Kier alpha value is -2.88. The van der Waals surface area contributed by atoms with Crippen LogP contribution in [0.5, 0.6) is 5.75 Å². The molecule has 0 aromatic heterocycles. The number of ether oxygens (including phenoxy) is 1. The molecular weight excluding hydrogens is 300 g/mol. The van der Waals surface area contributed by atoms with Crippen molar-refractivity contribution < 1.29 is 9.53 Å². The van der Waals surface area contributed by atoms with Crippen molar-refractivity contribution in [2.75, 3.05) is 11.6 Å². The van der Waals surface area contributed by atoms with Crippen LogP contribution in [0.1, 0.15) is 25.8 Å². The van der Waals surface area contributed by atoms with Gasteiger partial charge in [-0.25, -0.2) is 0 Å². The second kappa shape index (κ2) is 7.13. The summed E-state index contributed by atoms with van der Waals surface area (Å²) in [6.45, 7) is 4.63. The summed E-state index contributed by atoms with van der Waals surface area (Å²) < 4.78 is 5.58. The molecule has 0 N–H and O–H groups in total. The third-order valence-electron chi connectivity index (χ3n) is 3.73. The topological polar surface area (TPSA) is 41.9 Å². The van der Waals surface area contributed by atoms with Gasteiger partial charge in [-0.05, 0) is 49.2 Å². The first-order valence-corrected chi connectivity index (χ1v) is 8.08. The van der Waals surface area contributed by atoms with Crippen LogP contribution in [0.25, 0.3) is 6.08 Å². The minimum absolute atomic E-state index is 0.106. The van der Waals surface area contributed by atoms with Crippen molar-refractivity contribution >= 4 is 23.4 Å². The fourth-order valence-electron chi connectivity index (χ4n) is 2.48. The second-order valence-electron chi connectivity index (χ2n) is 5.61. The predicted octanol–water partition coefficient (Wildman–Crippen LogP) is 4.28. The molecule has 0 saturated heterocycles. The largest absolute Gasteiger partial charge is 0.494 e. The van der Waals surface area contributed by atoms with Crippen LogP contribution in [0.2, 0.25) is 0 Å². The molecule has 4 nitrogen and oxygen atoms in total. The maximum atomic E-state index is 12.6. The van der Waals surface area contributed by atoms with Gasteiger partial charge in [0.25, 0.3) is 5.91 Å². The van der Waals surface area contributed by atoms with Gasteiger partial charge in [0, 0.05) is 0 Å². The van der Waals surface area contributed by atoms with E-state index >= 15 is 0 Å². The molecule has 0 radical (unpaired) electrons. The maximum Gasteiger partial charge on any atom is 0.280 e. The van der Waals surface area contributed by atoms with E-state index in [2.05, 4.69) is 12.0 Å². The molecule has 0 fully saturated rings. The summed E-state index contributed by atoms with van der Waals surface area (Å²) in [6, 6.07) is 17.2. The average molecular weight is 320 g/mol. The Morgan fingerprint density at radius 3 is 2.46 bits per heavy atom. The third kappa shape index (κ3) is 3.38. The fraction of sp³-hybridized carbons (Fsp3) is 0.200. The quantitative estimate of drug-likeness (QED) is 0.772. The summed E-state index contributed by atoms with van der Waals surface area (Å²) in [5, 5.41) is 5.83. The van der Waals surface area contributed by atoms with E-state index in [0.717, 1.165) is 29.1 Å². The smallest absolute Gasteiger partial charge is 0.280 e. The van der Waals surface area contributed by atoms with Gasteiger partial charge in [0.2, 0.25) is 0 Å². The molecule has 2 aromatic carbocycles. The Kier molecular flexibility index (Phi) is 4.75. The lowest BCUT2D eigenvalue weighted by molar-refractivity contribution is -0.114. The Bertz CT molecular complexity index is 777. The molecule has 1 heterocycles. The molecule has 0 spiro atoms. The van der Waals surface area contributed by atoms with E-state index in [0.29, 0.717) is 12.2 Å². The van der Waals surface area contributed by atoms with Crippen molar-refractivity contribution in [2.45, 2.75) is 20.3 Å². The molecule has 0 unspecified atom stereocenters. The highest BCUT2D eigenvalue weighted by molar-refractivity contribution is 6.32. The van der Waals surface area contributed by atoms with Crippen molar-refractivity contribution in [3.05, 3.63) is 65.7 Å². The normalized spacial score (nSPS) is 15.8. The number of carbonyl (C=O) groups is 1. The highest BCUT2D eigenvalue weighted by Crippen LogP contribution is 2.25. The van der Waals surface area contributed by atoms with Crippen molar-refractivity contribution in [3.63, 3.8) is 0 Å². The van der Waals surface area contributed by atoms with Crippen molar-refractivity contribution in [2.24, 2.45) is 5.10 Å². The van der Waals surface area contributed by atoms with Gasteiger partial charge >= 0.3 is 0 Å². The van der Waals surface area contributed by atoms with Gasteiger partial charge < -0.3 is 4.74 Å². The zero-order chi connectivity index (χ0) is 16.9. The molecule has 3 rings (SSSR count). The van der Waals surface area contributed by atoms with E-state index in [-0.39, 0.29) is 5.91 Å². The monoisotopic (exact) mass is 320 g/mol. The number of carbonyl (C=O) groups excluding carboxylic acids is 1. The minimum Gasteiger partial charge on any atom is -0.494 e.